The monoisotopic (exact) mass is 236 g/mol. The van der Waals surface area contributed by atoms with Crippen LogP contribution in [0, 0.1) is 10.1 Å². The van der Waals surface area contributed by atoms with Gasteiger partial charge < -0.3 is 4.42 Å². The molecule has 5 nitrogen and oxygen atoms in total. The van der Waals surface area contributed by atoms with E-state index in [1.165, 1.54) is 18.8 Å². The van der Waals surface area contributed by atoms with Gasteiger partial charge in [0.1, 0.15) is 5.76 Å². The smallest absolute Gasteiger partial charge is 0.263 e. The van der Waals surface area contributed by atoms with Crippen molar-refractivity contribution in [2.45, 2.75) is 19.3 Å². The molecule has 0 amide bonds. The van der Waals surface area contributed by atoms with Crippen LogP contribution >= 0.6 is 0 Å². The number of piperidine rings is 1. The zero-order valence-corrected chi connectivity index (χ0v) is 9.67. The largest absolute Gasteiger partial charge is 0.465 e. The molecule has 0 atom stereocenters. The van der Waals surface area contributed by atoms with Crippen LogP contribution in [-0.2, 0) is 0 Å². The first-order valence-electron chi connectivity index (χ1n) is 5.86. The van der Waals surface area contributed by atoms with E-state index in [1.54, 1.807) is 12.1 Å². The molecular formula is C12H16N2O3. The molecule has 1 aromatic rings. The Morgan fingerprint density at radius 3 is 2.82 bits per heavy atom. The predicted octanol–water partition coefficient (Wildman–Crippen LogP) is 2.38. The lowest BCUT2D eigenvalue weighted by Gasteiger charge is -2.24. The Morgan fingerprint density at radius 2 is 2.24 bits per heavy atom. The van der Waals surface area contributed by atoms with Gasteiger partial charge in [0.2, 0.25) is 0 Å². The van der Waals surface area contributed by atoms with Gasteiger partial charge in [-0.15, -0.1) is 0 Å². The molecule has 2 rings (SSSR count). The fraction of sp³-hybridized carbons (Fsp3) is 0.500. The molecule has 0 bridgehead atoms. The van der Waals surface area contributed by atoms with Gasteiger partial charge in [0.05, 0.1) is 23.8 Å². The number of hydrogen-bond acceptors (Lipinski definition) is 4. The quantitative estimate of drug-likeness (QED) is 0.595. The highest BCUT2D eigenvalue weighted by molar-refractivity contribution is 5.45. The average molecular weight is 236 g/mol. The summed E-state index contributed by atoms with van der Waals surface area (Å²) in [7, 11) is 0. The first kappa shape index (κ1) is 11.9. The SMILES string of the molecule is O=[N+]([O-])/C(=C\c1ccco1)CN1CCCCC1. The molecule has 0 aromatic carbocycles. The van der Waals surface area contributed by atoms with Gasteiger partial charge >= 0.3 is 0 Å². The Morgan fingerprint density at radius 1 is 1.47 bits per heavy atom. The number of likely N-dealkylation sites (tertiary alicyclic amines) is 1. The van der Waals surface area contributed by atoms with Gasteiger partial charge in [-0.2, -0.15) is 0 Å². The highest BCUT2D eigenvalue weighted by Gasteiger charge is 2.18. The minimum Gasteiger partial charge on any atom is -0.465 e. The normalized spacial score (nSPS) is 18.2. The molecule has 1 aliphatic heterocycles. The van der Waals surface area contributed by atoms with E-state index in [2.05, 4.69) is 4.90 Å². The number of furan rings is 1. The van der Waals surface area contributed by atoms with Crippen LogP contribution < -0.4 is 0 Å². The molecule has 17 heavy (non-hydrogen) atoms. The summed E-state index contributed by atoms with van der Waals surface area (Å²) in [6.45, 7) is 2.29. The van der Waals surface area contributed by atoms with E-state index >= 15 is 0 Å². The summed E-state index contributed by atoms with van der Waals surface area (Å²) in [4.78, 5) is 12.8. The molecule has 92 valence electrons. The number of nitrogens with zero attached hydrogens (tertiary/aromatic N) is 2. The lowest BCUT2D eigenvalue weighted by Crippen LogP contribution is -2.32. The van der Waals surface area contributed by atoms with E-state index in [1.807, 2.05) is 0 Å². The fourth-order valence-corrected chi connectivity index (χ4v) is 2.04. The zero-order valence-electron chi connectivity index (χ0n) is 9.67. The second kappa shape index (κ2) is 5.63. The number of hydrogen-bond donors (Lipinski definition) is 0. The highest BCUT2D eigenvalue weighted by Crippen LogP contribution is 2.13. The molecule has 1 aromatic heterocycles. The van der Waals surface area contributed by atoms with Crippen molar-refractivity contribution in [3.63, 3.8) is 0 Å². The summed E-state index contributed by atoms with van der Waals surface area (Å²) in [6.07, 6.45) is 6.52. The second-order valence-electron chi connectivity index (χ2n) is 4.25. The van der Waals surface area contributed by atoms with Gasteiger partial charge in [-0.05, 0) is 38.1 Å². The molecular weight excluding hydrogens is 220 g/mol. The lowest BCUT2D eigenvalue weighted by atomic mass is 10.1. The molecule has 1 fully saturated rings. The first-order chi connectivity index (χ1) is 8.25. The molecule has 5 heteroatoms. The van der Waals surface area contributed by atoms with Crippen LogP contribution in [0.5, 0.6) is 0 Å². The van der Waals surface area contributed by atoms with E-state index in [0.717, 1.165) is 25.9 Å². The van der Waals surface area contributed by atoms with Gasteiger partial charge in [-0.1, -0.05) is 6.42 Å². The Balaban J connectivity index is 2.04. The van der Waals surface area contributed by atoms with Gasteiger partial charge in [0.15, 0.2) is 0 Å². The number of nitro groups is 1. The van der Waals surface area contributed by atoms with Crippen LogP contribution in [-0.4, -0.2) is 29.5 Å². The summed E-state index contributed by atoms with van der Waals surface area (Å²) in [5.74, 6) is 0.536. The predicted molar refractivity (Wildman–Crippen MR) is 64.0 cm³/mol. The maximum Gasteiger partial charge on any atom is 0.263 e. The summed E-state index contributed by atoms with van der Waals surface area (Å²) < 4.78 is 5.10. The van der Waals surface area contributed by atoms with Gasteiger partial charge in [0, 0.05) is 0 Å². The standard InChI is InChI=1S/C12H16N2O3/c15-14(16)11(9-12-5-4-8-17-12)10-13-6-2-1-3-7-13/h4-5,8-9H,1-3,6-7,10H2/b11-9-. The minimum absolute atomic E-state index is 0.196. The fourth-order valence-electron chi connectivity index (χ4n) is 2.04. The van der Waals surface area contributed by atoms with Crippen LogP contribution in [0.15, 0.2) is 28.5 Å². The Hall–Kier alpha value is -1.62. The first-order valence-corrected chi connectivity index (χ1v) is 5.86. The van der Waals surface area contributed by atoms with E-state index in [-0.39, 0.29) is 10.6 Å². The summed E-state index contributed by atoms with van der Waals surface area (Å²) in [5, 5.41) is 11.0. The molecule has 0 spiro atoms. The summed E-state index contributed by atoms with van der Waals surface area (Å²) in [6, 6.07) is 3.45. The van der Waals surface area contributed by atoms with Crippen LogP contribution in [0.4, 0.5) is 0 Å². The van der Waals surface area contributed by atoms with Gasteiger partial charge in [-0.25, -0.2) is 0 Å². The molecule has 0 radical (unpaired) electrons. The van der Waals surface area contributed by atoms with Crippen molar-refractivity contribution in [1.82, 2.24) is 4.90 Å². The highest BCUT2D eigenvalue weighted by atomic mass is 16.6. The van der Waals surface area contributed by atoms with Crippen LogP contribution in [0.1, 0.15) is 25.0 Å². The second-order valence-corrected chi connectivity index (χ2v) is 4.25. The van der Waals surface area contributed by atoms with Crippen molar-refractivity contribution in [3.8, 4) is 0 Å². The van der Waals surface area contributed by atoms with Gasteiger partial charge in [-0.3, -0.25) is 15.0 Å². The number of rotatable bonds is 4. The third kappa shape index (κ3) is 3.42. The third-order valence-corrected chi connectivity index (χ3v) is 2.92. The maximum atomic E-state index is 11.0. The molecule has 2 heterocycles. The van der Waals surface area contributed by atoms with Crippen molar-refractivity contribution in [2.75, 3.05) is 19.6 Å². The minimum atomic E-state index is -0.322. The molecule has 0 N–H and O–H groups in total. The van der Waals surface area contributed by atoms with E-state index in [0.29, 0.717) is 12.3 Å². The van der Waals surface area contributed by atoms with E-state index in [4.69, 9.17) is 4.42 Å². The van der Waals surface area contributed by atoms with E-state index in [9.17, 15) is 10.1 Å². The maximum absolute atomic E-state index is 11.0. The van der Waals surface area contributed by atoms with Crippen molar-refractivity contribution in [1.29, 1.82) is 0 Å². The third-order valence-electron chi connectivity index (χ3n) is 2.92. The molecule has 0 saturated carbocycles. The summed E-state index contributed by atoms with van der Waals surface area (Å²) >= 11 is 0. The van der Waals surface area contributed by atoms with Crippen molar-refractivity contribution in [3.05, 3.63) is 40.0 Å². The molecule has 0 unspecified atom stereocenters. The Kier molecular flexibility index (Phi) is 3.93. The van der Waals surface area contributed by atoms with Crippen LogP contribution in [0.3, 0.4) is 0 Å². The van der Waals surface area contributed by atoms with Crippen LogP contribution in [0.2, 0.25) is 0 Å². The van der Waals surface area contributed by atoms with Crippen molar-refractivity contribution in [2.24, 2.45) is 0 Å². The van der Waals surface area contributed by atoms with Gasteiger partial charge in [0.25, 0.3) is 5.70 Å². The lowest BCUT2D eigenvalue weighted by molar-refractivity contribution is -0.426. The Labute approximate surface area is 99.9 Å². The Bertz CT molecular complexity index is 392. The molecule has 1 aliphatic rings. The zero-order chi connectivity index (χ0) is 12.1. The topological polar surface area (TPSA) is 59.5 Å². The van der Waals surface area contributed by atoms with Crippen LogP contribution in [0.25, 0.3) is 6.08 Å². The van der Waals surface area contributed by atoms with Crippen molar-refractivity contribution >= 4 is 6.08 Å². The van der Waals surface area contributed by atoms with Crippen molar-refractivity contribution < 1.29 is 9.34 Å². The molecule has 1 saturated heterocycles. The summed E-state index contributed by atoms with van der Waals surface area (Å²) in [5.41, 5.74) is 0.196. The average Bonchev–Trinajstić information content (AvgIpc) is 2.82. The molecule has 0 aliphatic carbocycles. The van der Waals surface area contributed by atoms with E-state index < -0.39 is 0 Å².